The molecule has 4 nitrogen and oxygen atoms in total. The zero-order valence-corrected chi connectivity index (χ0v) is 30.3. The molecule has 56 heavy (non-hydrogen) atoms. The first-order chi connectivity index (χ1) is 27.8. The number of rotatable bonds is 5. The van der Waals surface area contributed by atoms with Gasteiger partial charge >= 0.3 is 0 Å². The van der Waals surface area contributed by atoms with Crippen LogP contribution in [0.25, 0.3) is 67.5 Å². The van der Waals surface area contributed by atoms with E-state index in [4.69, 9.17) is 19.7 Å². The highest BCUT2D eigenvalue weighted by Gasteiger charge is 2.51. The predicted octanol–water partition coefficient (Wildman–Crippen LogP) is 12.7. The molecule has 0 fully saturated rings. The van der Waals surface area contributed by atoms with Gasteiger partial charge in [0.25, 0.3) is 0 Å². The molecule has 1 aromatic heterocycles. The Kier molecular flexibility index (Phi) is 7.36. The second-order valence-corrected chi connectivity index (χ2v) is 14.3. The smallest absolute Gasteiger partial charge is 0.164 e. The van der Waals surface area contributed by atoms with E-state index in [1.165, 1.54) is 22.3 Å². The average molecular weight is 716 g/mol. The molecular weight excluding hydrogens is 683 g/mol. The van der Waals surface area contributed by atoms with Crippen LogP contribution in [0.1, 0.15) is 22.3 Å². The number of hydrogen-bond acceptors (Lipinski definition) is 4. The van der Waals surface area contributed by atoms with Gasteiger partial charge in [0.2, 0.25) is 0 Å². The van der Waals surface area contributed by atoms with Crippen molar-refractivity contribution in [1.82, 2.24) is 15.0 Å². The van der Waals surface area contributed by atoms with E-state index < -0.39 is 5.41 Å². The van der Waals surface area contributed by atoms with Crippen LogP contribution in [0.3, 0.4) is 0 Å². The molecule has 2 aliphatic rings. The third-order valence-electron chi connectivity index (χ3n) is 11.2. The van der Waals surface area contributed by atoms with Gasteiger partial charge in [0.05, 0.1) is 5.41 Å². The molecule has 0 unspecified atom stereocenters. The van der Waals surface area contributed by atoms with Gasteiger partial charge in [0.15, 0.2) is 17.5 Å². The lowest BCUT2D eigenvalue weighted by Gasteiger charge is -2.40. The minimum atomic E-state index is -0.513. The van der Waals surface area contributed by atoms with Gasteiger partial charge in [-0.1, -0.05) is 182 Å². The van der Waals surface area contributed by atoms with Crippen molar-refractivity contribution >= 4 is 0 Å². The van der Waals surface area contributed by atoms with Gasteiger partial charge in [-0.25, -0.2) is 15.0 Å². The van der Waals surface area contributed by atoms with Crippen LogP contribution in [0, 0.1) is 0 Å². The van der Waals surface area contributed by atoms with Crippen LogP contribution in [0.15, 0.2) is 200 Å². The Hall–Kier alpha value is -7.43. The average Bonchev–Trinajstić information content (AvgIpc) is 3.57. The summed E-state index contributed by atoms with van der Waals surface area (Å²) in [6, 6.07) is 70.2. The summed E-state index contributed by atoms with van der Waals surface area (Å²) < 4.78 is 6.98. The Morgan fingerprint density at radius 2 is 0.714 bits per heavy atom. The lowest BCUT2D eigenvalue weighted by molar-refractivity contribution is 0.438. The van der Waals surface area contributed by atoms with Gasteiger partial charge in [0, 0.05) is 33.4 Å². The van der Waals surface area contributed by atoms with Crippen LogP contribution in [-0.4, -0.2) is 15.0 Å². The molecule has 2 heterocycles. The number of benzene rings is 8. The first-order valence-electron chi connectivity index (χ1n) is 18.9. The largest absolute Gasteiger partial charge is 0.456 e. The van der Waals surface area contributed by atoms with Crippen molar-refractivity contribution in [3.8, 4) is 79.0 Å². The Balaban J connectivity index is 1.04. The molecular formula is C52H33N3O. The molecule has 1 aliphatic heterocycles. The van der Waals surface area contributed by atoms with E-state index in [1.807, 2.05) is 60.7 Å². The van der Waals surface area contributed by atoms with Crippen molar-refractivity contribution in [3.05, 3.63) is 222 Å². The van der Waals surface area contributed by atoms with Crippen molar-refractivity contribution in [2.75, 3.05) is 0 Å². The van der Waals surface area contributed by atoms with Crippen molar-refractivity contribution in [2.24, 2.45) is 0 Å². The quantitative estimate of drug-likeness (QED) is 0.178. The fraction of sp³-hybridized carbons (Fsp3) is 0.0192. The van der Waals surface area contributed by atoms with Crippen LogP contribution in [0.2, 0.25) is 0 Å². The van der Waals surface area contributed by atoms with Crippen LogP contribution in [-0.2, 0) is 5.41 Å². The van der Waals surface area contributed by atoms with Gasteiger partial charge in [-0.15, -0.1) is 0 Å². The summed E-state index contributed by atoms with van der Waals surface area (Å²) in [5, 5.41) is 0. The maximum Gasteiger partial charge on any atom is 0.164 e. The Labute approximate surface area is 325 Å². The molecule has 0 saturated carbocycles. The second-order valence-electron chi connectivity index (χ2n) is 14.3. The van der Waals surface area contributed by atoms with Gasteiger partial charge < -0.3 is 4.74 Å². The van der Waals surface area contributed by atoms with Gasteiger partial charge in [-0.3, -0.25) is 0 Å². The number of ether oxygens (including phenoxy) is 1. The van der Waals surface area contributed by atoms with Gasteiger partial charge in [-0.2, -0.15) is 0 Å². The predicted molar refractivity (Wildman–Crippen MR) is 224 cm³/mol. The highest BCUT2D eigenvalue weighted by Crippen LogP contribution is 2.63. The normalized spacial score (nSPS) is 12.9. The van der Waals surface area contributed by atoms with E-state index in [0.29, 0.717) is 17.5 Å². The van der Waals surface area contributed by atoms with Crippen LogP contribution in [0.4, 0.5) is 0 Å². The summed E-state index contributed by atoms with van der Waals surface area (Å²) in [5.41, 5.74) is 14.0. The molecule has 9 aromatic rings. The highest BCUT2D eigenvalue weighted by molar-refractivity contribution is 5.90. The molecule has 1 aliphatic carbocycles. The standard InChI is InChI=1S/C52H33N3O/c1-3-16-34(17-4-1)49-53-50(35-18-5-2-6-19-35)55-51(54-49)39-23-14-21-37(33-39)36-20-13-22-38(32-36)40-26-15-30-46-48(40)56-47-31-12-11-29-45(47)52(46)43-27-9-7-24-41(43)42-25-8-10-28-44(42)52/h1-33H. The van der Waals surface area contributed by atoms with E-state index in [1.54, 1.807) is 0 Å². The Morgan fingerprint density at radius 3 is 1.34 bits per heavy atom. The molecule has 0 radical (unpaired) electrons. The summed E-state index contributed by atoms with van der Waals surface area (Å²) in [6.07, 6.45) is 0. The molecule has 0 atom stereocenters. The fourth-order valence-electron chi connectivity index (χ4n) is 8.75. The maximum absolute atomic E-state index is 6.98. The number of hydrogen-bond donors (Lipinski definition) is 0. The van der Waals surface area contributed by atoms with E-state index in [2.05, 4.69) is 140 Å². The Bertz CT molecular complexity index is 2850. The highest BCUT2D eigenvalue weighted by atomic mass is 16.5. The maximum atomic E-state index is 6.98. The van der Waals surface area contributed by atoms with E-state index >= 15 is 0 Å². The van der Waals surface area contributed by atoms with E-state index in [0.717, 1.165) is 61.6 Å². The first-order valence-corrected chi connectivity index (χ1v) is 18.9. The van der Waals surface area contributed by atoms with Crippen molar-refractivity contribution in [1.29, 1.82) is 0 Å². The summed E-state index contributed by atoms with van der Waals surface area (Å²) in [6.45, 7) is 0. The minimum Gasteiger partial charge on any atom is -0.456 e. The SMILES string of the molecule is c1ccc(-c2nc(-c3ccccc3)nc(-c3cccc(-c4cccc(-c5cccc6c5Oc5ccccc5C65c6ccccc6-c6ccccc65)c4)c3)n2)cc1. The summed E-state index contributed by atoms with van der Waals surface area (Å²) >= 11 is 0. The molecule has 0 saturated heterocycles. The monoisotopic (exact) mass is 715 g/mol. The fourth-order valence-corrected chi connectivity index (χ4v) is 8.75. The van der Waals surface area contributed by atoms with Crippen LogP contribution in [0.5, 0.6) is 11.5 Å². The van der Waals surface area contributed by atoms with Crippen molar-refractivity contribution < 1.29 is 4.74 Å². The zero-order chi connectivity index (χ0) is 37.1. The molecule has 8 aromatic carbocycles. The van der Waals surface area contributed by atoms with Crippen LogP contribution < -0.4 is 4.74 Å². The second kappa shape index (κ2) is 12.9. The molecule has 0 amide bonds. The van der Waals surface area contributed by atoms with Crippen molar-refractivity contribution in [3.63, 3.8) is 0 Å². The molecule has 1 spiro atoms. The van der Waals surface area contributed by atoms with Gasteiger partial charge in [-0.05, 0) is 57.1 Å². The lowest BCUT2D eigenvalue weighted by Crippen LogP contribution is -2.32. The van der Waals surface area contributed by atoms with Gasteiger partial charge in [0.1, 0.15) is 11.5 Å². The number of para-hydroxylation sites is 2. The third-order valence-corrected chi connectivity index (χ3v) is 11.2. The van der Waals surface area contributed by atoms with Crippen molar-refractivity contribution in [2.45, 2.75) is 5.41 Å². The number of nitrogens with zero attached hydrogens (tertiary/aromatic N) is 3. The third kappa shape index (κ3) is 4.96. The number of fused-ring (bicyclic) bond motifs is 9. The summed E-state index contributed by atoms with van der Waals surface area (Å²) in [5.74, 6) is 3.67. The molecule has 11 rings (SSSR count). The lowest BCUT2D eigenvalue weighted by atomic mass is 9.65. The molecule has 0 bridgehead atoms. The topological polar surface area (TPSA) is 47.9 Å². The minimum absolute atomic E-state index is 0.513. The summed E-state index contributed by atoms with van der Waals surface area (Å²) in [4.78, 5) is 14.9. The van der Waals surface area contributed by atoms with Crippen LogP contribution >= 0.6 is 0 Å². The molecule has 4 heteroatoms. The molecule has 262 valence electrons. The van der Waals surface area contributed by atoms with E-state index in [9.17, 15) is 0 Å². The number of aromatic nitrogens is 3. The van der Waals surface area contributed by atoms with E-state index in [-0.39, 0.29) is 0 Å². The molecule has 0 N–H and O–H groups in total. The zero-order valence-electron chi connectivity index (χ0n) is 30.3. The summed E-state index contributed by atoms with van der Waals surface area (Å²) in [7, 11) is 0. The first kappa shape index (κ1) is 32.0. The Morgan fingerprint density at radius 1 is 0.304 bits per heavy atom.